The predicted molar refractivity (Wildman–Crippen MR) is 72.8 cm³/mol. The van der Waals surface area contributed by atoms with E-state index in [2.05, 4.69) is 9.97 Å². The van der Waals surface area contributed by atoms with Crippen LogP contribution in [0.5, 0.6) is 0 Å². The lowest BCUT2D eigenvalue weighted by Crippen LogP contribution is -2.08. The molecule has 1 aromatic carbocycles. The van der Waals surface area contributed by atoms with E-state index in [-0.39, 0.29) is 10.7 Å². The maximum Gasteiger partial charge on any atom is 0.419 e. The fourth-order valence-corrected chi connectivity index (χ4v) is 3.17. The molecular formula is C13H5ClF4N2S. The number of thiophene rings is 1. The Bertz CT molecular complexity index is 829. The first kappa shape index (κ1) is 14.2. The summed E-state index contributed by atoms with van der Waals surface area (Å²) in [6.07, 6.45) is -3.50. The van der Waals surface area contributed by atoms with E-state index >= 15 is 0 Å². The fourth-order valence-electron chi connectivity index (χ4n) is 1.90. The van der Waals surface area contributed by atoms with Crippen LogP contribution in [0.1, 0.15) is 5.56 Å². The van der Waals surface area contributed by atoms with Crippen LogP contribution in [0.25, 0.3) is 20.7 Å². The average molecular weight is 333 g/mol. The normalized spacial score (nSPS) is 12.0. The Labute approximate surface area is 125 Å². The van der Waals surface area contributed by atoms with Crippen LogP contribution in [0.2, 0.25) is 5.15 Å². The fraction of sp³-hybridized carbons (Fsp3) is 0.0769. The van der Waals surface area contributed by atoms with Gasteiger partial charge in [0.25, 0.3) is 0 Å². The molecule has 2 nitrogen and oxygen atoms in total. The first-order valence-electron chi connectivity index (χ1n) is 5.64. The third-order valence-electron chi connectivity index (χ3n) is 2.84. The van der Waals surface area contributed by atoms with Crippen molar-refractivity contribution in [3.8, 4) is 10.4 Å². The van der Waals surface area contributed by atoms with Crippen LogP contribution in [-0.4, -0.2) is 9.97 Å². The van der Waals surface area contributed by atoms with Crippen LogP contribution in [0.3, 0.4) is 0 Å². The Morgan fingerprint density at radius 3 is 2.57 bits per heavy atom. The lowest BCUT2D eigenvalue weighted by atomic mass is 10.1. The zero-order chi connectivity index (χ0) is 15.2. The quantitative estimate of drug-likeness (QED) is 0.454. The van der Waals surface area contributed by atoms with Crippen molar-refractivity contribution in [1.29, 1.82) is 0 Å². The molecule has 0 N–H and O–H groups in total. The standard InChI is InChI=1S/C13H5ClF4N2S/c14-12-11-8(19-5-20-12)4-9(21-11)6-2-1-3-7(10(6)15)13(16,17)18/h1-5H. The van der Waals surface area contributed by atoms with Crippen LogP contribution >= 0.6 is 22.9 Å². The van der Waals surface area contributed by atoms with Gasteiger partial charge >= 0.3 is 6.18 Å². The number of nitrogens with zero attached hydrogens (tertiary/aromatic N) is 2. The van der Waals surface area contributed by atoms with Gasteiger partial charge in [0.1, 0.15) is 17.3 Å². The Balaban J connectivity index is 2.22. The molecular weight excluding hydrogens is 328 g/mol. The molecule has 0 bridgehead atoms. The number of halogens is 5. The van der Waals surface area contributed by atoms with Crippen molar-refractivity contribution >= 4 is 33.2 Å². The van der Waals surface area contributed by atoms with Crippen molar-refractivity contribution in [2.75, 3.05) is 0 Å². The van der Waals surface area contributed by atoms with E-state index < -0.39 is 17.6 Å². The van der Waals surface area contributed by atoms with Gasteiger partial charge in [-0.1, -0.05) is 23.7 Å². The lowest BCUT2D eigenvalue weighted by Gasteiger charge is -2.10. The Kier molecular flexibility index (Phi) is 3.33. The minimum absolute atomic E-state index is 0.135. The summed E-state index contributed by atoms with van der Waals surface area (Å²) in [4.78, 5) is 8.06. The summed E-state index contributed by atoms with van der Waals surface area (Å²) in [5.74, 6) is -1.30. The predicted octanol–water partition coefficient (Wildman–Crippen LogP) is 5.17. The highest BCUT2D eigenvalue weighted by Crippen LogP contribution is 2.40. The van der Waals surface area contributed by atoms with Gasteiger partial charge in [-0.05, 0) is 12.1 Å². The number of rotatable bonds is 1. The summed E-state index contributed by atoms with van der Waals surface area (Å²) in [6.45, 7) is 0. The van der Waals surface area contributed by atoms with Gasteiger partial charge in [0, 0.05) is 10.4 Å². The molecule has 0 aliphatic carbocycles. The molecule has 8 heteroatoms. The van der Waals surface area contributed by atoms with Gasteiger partial charge in [0.05, 0.1) is 15.8 Å². The van der Waals surface area contributed by atoms with Gasteiger partial charge in [0.2, 0.25) is 0 Å². The van der Waals surface area contributed by atoms with Gasteiger partial charge in [-0.25, -0.2) is 14.4 Å². The first-order valence-corrected chi connectivity index (χ1v) is 6.83. The molecule has 0 radical (unpaired) electrons. The van der Waals surface area contributed by atoms with E-state index in [9.17, 15) is 17.6 Å². The molecule has 2 aromatic heterocycles. The van der Waals surface area contributed by atoms with E-state index in [1.165, 1.54) is 24.5 Å². The number of alkyl halides is 3. The van der Waals surface area contributed by atoms with Crippen molar-refractivity contribution in [1.82, 2.24) is 9.97 Å². The molecule has 21 heavy (non-hydrogen) atoms. The molecule has 0 aliphatic heterocycles. The summed E-state index contributed by atoms with van der Waals surface area (Å²) in [5, 5.41) is 0.184. The largest absolute Gasteiger partial charge is 0.419 e. The van der Waals surface area contributed by atoms with Gasteiger partial charge in [-0.3, -0.25) is 0 Å². The zero-order valence-corrected chi connectivity index (χ0v) is 11.7. The second kappa shape index (κ2) is 4.92. The molecule has 0 unspecified atom stereocenters. The number of benzene rings is 1. The highest BCUT2D eigenvalue weighted by atomic mass is 35.5. The molecule has 0 saturated heterocycles. The molecule has 0 aliphatic rings. The highest BCUT2D eigenvalue weighted by molar-refractivity contribution is 7.22. The summed E-state index contributed by atoms with van der Waals surface area (Å²) < 4.78 is 52.8. The molecule has 0 amide bonds. The zero-order valence-electron chi connectivity index (χ0n) is 10.1. The van der Waals surface area contributed by atoms with Crippen LogP contribution in [0, 0.1) is 5.82 Å². The van der Waals surface area contributed by atoms with Gasteiger partial charge in [-0.15, -0.1) is 11.3 Å². The molecule has 2 heterocycles. The second-order valence-electron chi connectivity index (χ2n) is 4.15. The SMILES string of the molecule is Fc1c(-c2cc3ncnc(Cl)c3s2)cccc1C(F)(F)F. The van der Waals surface area contributed by atoms with E-state index in [4.69, 9.17) is 11.6 Å². The third kappa shape index (κ3) is 2.47. The smallest absolute Gasteiger partial charge is 0.235 e. The lowest BCUT2D eigenvalue weighted by molar-refractivity contribution is -0.139. The van der Waals surface area contributed by atoms with Crippen molar-refractivity contribution in [3.05, 3.63) is 47.1 Å². The molecule has 108 valence electrons. The van der Waals surface area contributed by atoms with Crippen molar-refractivity contribution < 1.29 is 17.6 Å². The Hall–Kier alpha value is -1.73. The summed E-state index contributed by atoms with van der Waals surface area (Å²) in [7, 11) is 0. The molecule has 0 saturated carbocycles. The minimum atomic E-state index is -4.74. The molecule has 0 fully saturated rings. The molecule has 3 aromatic rings. The van der Waals surface area contributed by atoms with Crippen molar-refractivity contribution in [3.63, 3.8) is 0 Å². The monoisotopic (exact) mass is 332 g/mol. The van der Waals surface area contributed by atoms with E-state index in [0.717, 1.165) is 11.3 Å². The van der Waals surface area contributed by atoms with Gasteiger partial charge in [0.15, 0.2) is 0 Å². The van der Waals surface area contributed by atoms with Crippen molar-refractivity contribution in [2.24, 2.45) is 0 Å². The van der Waals surface area contributed by atoms with Crippen LogP contribution in [0.4, 0.5) is 17.6 Å². The van der Waals surface area contributed by atoms with Crippen LogP contribution in [0.15, 0.2) is 30.6 Å². The number of fused-ring (bicyclic) bond motifs is 1. The molecule has 3 rings (SSSR count). The summed E-state index contributed by atoms with van der Waals surface area (Å²) in [6, 6.07) is 4.65. The van der Waals surface area contributed by atoms with Crippen molar-refractivity contribution in [2.45, 2.75) is 6.18 Å². The highest BCUT2D eigenvalue weighted by Gasteiger charge is 2.35. The second-order valence-corrected chi connectivity index (χ2v) is 5.56. The van der Waals surface area contributed by atoms with E-state index in [0.29, 0.717) is 21.2 Å². The molecule has 0 spiro atoms. The first-order chi connectivity index (χ1) is 9.88. The maximum absolute atomic E-state index is 14.1. The third-order valence-corrected chi connectivity index (χ3v) is 4.40. The van der Waals surface area contributed by atoms with Crippen LogP contribution < -0.4 is 0 Å². The van der Waals surface area contributed by atoms with E-state index in [1.54, 1.807) is 0 Å². The van der Waals surface area contributed by atoms with Gasteiger partial charge < -0.3 is 0 Å². The number of hydrogen-bond acceptors (Lipinski definition) is 3. The number of hydrogen-bond donors (Lipinski definition) is 0. The molecule has 0 atom stereocenters. The topological polar surface area (TPSA) is 25.8 Å². The summed E-state index contributed by atoms with van der Waals surface area (Å²) in [5.41, 5.74) is -0.967. The Morgan fingerprint density at radius 2 is 1.90 bits per heavy atom. The number of aromatic nitrogens is 2. The van der Waals surface area contributed by atoms with E-state index in [1.807, 2.05) is 0 Å². The van der Waals surface area contributed by atoms with Crippen LogP contribution in [-0.2, 0) is 6.18 Å². The van der Waals surface area contributed by atoms with Gasteiger partial charge in [-0.2, -0.15) is 13.2 Å². The Morgan fingerprint density at radius 1 is 1.14 bits per heavy atom. The minimum Gasteiger partial charge on any atom is -0.235 e. The maximum atomic E-state index is 14.1. The average Bonchev–Trinajstić information content (AvgIpc) is 2.83. The summed E-state index contributed by atoms with van der Waals surface area (Å²) >= 11 is 6.93.